The average Bonchev–Trinajstić information content (AvgIpc) is 3.60. The Hall–Kier alpha value is -3.08. The third kappa shape index (κ3) is 6.44. The van der Waals surface area contributed by atoms with Gasteiger partial charge in [0.25, 0.3) is 5.91 Å². The number of rotatable bonds is 9. The van der Waals surface area contributed by atoms with Crippen LogP contribution >= 0.6 is 22.7 Å². The van der Waals surface area contributed by atoms with Gasteiger partial charge in [-0.15, -0.1) is 22.7 Å². The Morgan fingerprint density at radius 2 is 1.84 bits per heavy atom. The molecule has 0 spiro atoms. The van der Waals surface area contributed by atoms with Gasteiger partial charge in [0, 0.05) is 35.5 Å². The number of hydrogen-bond acceptors (Lipinski definition) is 8. The van der Waals surface area contributed by atoms with Crippen molar-refractivity contribution in [2.75, 3.05) is 37.6 Å². The number of carbonyl (C=O) groups is 3. The molecule has 1 saturated carbocycles. The summed E-state index contributed by atoms with van der Waals surface area (Å²) in [6.45, 7) is 2.93. The first-order valence-corrected chi connectivity index (χ1v) is 14.0. The van der Waals surface area contributed by atoms with Crippen LogP contribution in [0.25, 0.3) is 10.4 Å². The summed E-state index contributed by atoms with van der Waals surface area (Å²) in [6.07, 6.45) is 3.75. The van der Waals surface area contributed by atoms with Crippen LogP contribution in [-0.2, 0) is 14.3 Å². The molecule has 0 bridgehead atoms. The minimum atomic E-state index is -0.481. The van der Waals surface area contributed by atoms with Gasteiger partial charge in [-0.1, -0.05) is 19.1 Å². The maximum absolute atomic E-state index is 13.6. The number of carbonyl (C=O) groups excluding carboxylic acids is 3. The van der Waals surface area contributed by atoms with Crippen molar-refractivity contribution in [3.8, 4) is 10.4 Å². The zero-order valence-electron chi connectivity index (χ0n) is 21.2. The number of aromatic nitrogens is 1. The highest BCUT2D eigenvalue weighted by Crippen LogP contribution is 2.39. The van der Waals surface area contributed by atoms with Crippen LogP contribution in [0.1, 0.15) is 52.8 Å². The van der Waals surface area contributed by atoms with Crippen molar-refractivity contribution in [1.82, 2.24) is 4.98 Å². The van der Waals surface area contributed by atoms with Crippen LogP contribution in [0, 0.1) is 11.8 Å². The summed E-state index contributed by atoms with van der Waals surface area (Å²) < 4.78 is 10.4. The molecule has 0 radical (unpaired) electrons. The molecular formula is C27H31N3O5S2. The monoisotopic (exact) mass is 541 g/mol. The van der Waals surface area contributed by atoms with Crippen molar-refractivity contribution in [2.24, 2.45) is 11.8 Å². The van der Waals surface area contributed by atoms with E-state index in [0.717, 1.165) is 36.1 Å². The second-order valence-corrected chi connectivity index (χ2v) is 10.9. The number of esters is 1. The summed E-state index contributed by atoms with van der Waals surface area (Å²) in [5.41, 5.74) is 4.02. The molecule has 1 aliphatic rings. The summed E-state index contributed by atoms with van der Waals surface area (Å²) in [7, 11) is 2.94. The predicted molar refractivity (Wildman–Crippen MR) is 147 cm³/mol. The molecule has 8 nitrogen and oxygen atoms in total. The molecular weight excluding hydrogens is 510 g/mol. The Labute approximate surface area is 224 Å². The van der Waals surface area contributed by atoms with Gasteiger partial charge in [0.05, 0.1) is 24.9 Å². The number of ether oxygens (including phenoxy) is 2. The molecule has 10 heteroatoms. The van der Waals surface area contributed by atoms with Gasteiger partial charge in [0.1, 0.15) is 10.6 Å². The summed E-state index contributed by atoms with van der Waals surface area (Å²) in [5, 5.41) is 4.52. The third-order valence-electron chi connectivity index (χ3n) is 6.62. The third-order valence-corrected chi connectivity index (χ3v) is 8.36. The van der Waals surface area contributed by atoms with E-state index in [4.69, 9.17) is 9.47 Å². The van der Waals surface area contributed by atoms with E-state index in [0.29, 0.717) is 41.0 Å². The number of nitrogens with one attached hydrogen (secondary N) is 1. The molecule has 4 rings (SSSR count). The van der Waals surface area contributed by atoms with Crippen LogP contribution in [0.3, 0.4) is 0 Å². The number of amides is 2. The van der Waals surface area contributed by atoms with Gasteiger partial charge < -0.3 is 19.7 Å². The Morgan fingerprint density at radius 3 is 2.46 bits per heavy atom. The maximum atomic E-state index is 13.6. The summed E-state index contributed by atoms with van der Waals surface area (Å²) >= 11 is 2.64. The van der Waals surface area contributed by atoms with E-state index in [1.807, 2.05) is 18.2 Å². The van der Waals surface area contributed by atoms with E-state index in [9.17, 15) is 14.4 Å². The molecule has 2 amide bonds. The molecule has 2 heterocycles. The summed E-state index contributed by atoms with van der Waals surface area (Å²) in [4.78, 5) is 45.6. The molecule has 1 N–H and O–H groups in total. The number of hydrogen-bond donors (Lipinski definition) is 1. The maximum Gasteiger partial charge on any atom is 0.350 e. The standard InChI is InChI=1S/C27H31N3O5S2/c1-17-4-6-19(7-5-17)26(32)30(12-13-34-2)22-14-23(37-24(22)27(33)35-3)18-8-10-20(11-9-18)29-25(31)21-15-36-16-28-21/h8-11,14-17,19H,4-7,12-13H2,1-3H3,(H,29,31)/t17-,19-. The number of benzene rings is 1. The number of anilines is 2. The van der Waals surface area contributed by atoms with Crippen molar-refractivity contribution >= 4 is 51.8 Å². The number of thiazole rings is 1. The number of nitrogens with zero attached hydrogens (tertiary/aromatic N) is 2. The van der Waals surface area contributed by atoms with Crippen LogP contribution in [0.5, 0.6) is 0 Å². The minimum absolute atomic E-state index is 0.0264. The van der Waals surface area contributed by atoms with Gasteiger partial charge in [-0.25, -0.2) is 9.78 Å². The van der Waals surface area contributed by atoms with Crippen LogP contribution in [0.4, 0.5) is 11.4 Å². The molecule has 1 aromatic carbocycles. The molecule has 0 saturated heterocycles. The largest absolute Gasteiger partial charge is 0.465 e. The average molecular weight is 542 g/mol. The van der Waals surface area contributed by atoms with Crippen LogP contribution < -0.4 is 10.2 Å². The van der Waals surface area contributed by atoms with Crippen molar-refractivity contribution in [2.45, 2.75) is 32.6 Å². The molecule has 3 aromatic rings. The van der Waals surface area contributed by atoms with E-state index in [1.165, 1.54) is 29.8 Å². The van der Waals surface area contributed by atoms with Gasteiger partial charge in [-0.2, -0.15) is 0 Å². The van der Waals surface area contributed by atoms with Gasteiger partial charge in [0.15, 0.2) is 0 Å². The highest BCUT2D eigenvalue weighted by atomic mass is 32.1. The molecule has 2 aromatic heterocycles. The van der Waals surface area contributed by atoms with Gasteiger partial charge in [-0.3, -0.25) is 9.59 Å². The van der Waals surface area contributed by atoms with Gasteiger partial charge in [-0.05, 0) is 55.4 Å². The lowest BCUT2D eigenvalue weighted by Crippen LogP contribution is -2.40. The SMILES string of the molecule is COCCN(c1cc(-c2ccc(NC(=O)c3cscn3)cc2)sc1C(=O)OC)C(=O)[C@H]1CC[C@H](C)CC1. The minimum Gasteiger partial charge on any atom is -0.465 e. The van der Waals surface area contributed by atoms with E-state index in [1.54, 1.807) is 35.0 Å². The second-order valence-electron chi connectivity index (χ2n) is 9.16. The molecule has 0 aliphatic heterocycles. The van der Waals surface area contributed by atoms with E-state index in [-0.39, 0.29) is 17.7 Å². The molecule has 1 fully saturated rings. The fourth-order valence-electron chi connectivity index (χ4n) is 4.46. The molecule has 0 unspecified atom stereocenters. The first-order chi connectivity index (χ1) is 17.9. The van der Waals surface area contributed by atoms with Crippen molar-refractivity contribution in [3.05, 3.63) is 51.8 Å². The fraction of sp³-hybridized carbons (Fsp3) is 0.407. The zero-order valence-corrected chi connectivity index (χ0v) is 22.8. The summed E-state index contributed by atoms with van der Waals surface area (Å²) in [5.74, 6) is -0.166. The van der Waals surface area contributed by atoms with E-state index in [2.05, 4.69) is 17.2 Å². The Bertz CT molecular complexity index is 1220. The van der Waals surface area contributed by atoms with Crippen LogP contribution in [0.2, 0.25) is 0 Å². The highest BCUT2D eigenvalue weighted by molar-refractivity contribution is 7.18. The topological polar surface area (TPSA) is 97.8 Å². The van der Waals surface area contributed by atoms with Gasteiger partial charge >= 0.3 is 5.97 Å². The van der Waals surface area contributed by atoms with E-state index < -0.39 is 5.97 Å². The second kappa shape index (κ2) is 12.4. The smallest absolute Gasteiger partial charge is 0.350 e. The normalized spacial score (nSPS) is 17.3. The van der Waals surface area contributed by atoms with Crippen LogP contribution in [0.15, 0.2) is 41.2 Å². The zero-order chi connectivity index (χ0) is 26.4. The Morgan fingerprint density at radius 1 is 1.11 bits per heavy atom. The predicted octanol–water partition coefficient (Wildman–Crippen LogP) is 5.72. The lowest BCUT2D eigenvalue weighted by molar-refractivity contribution is -0.123. The Balaban J connectivity index is 1.61. The van der Waals surface area contributed by atoms with E-state index >= 15 is 0 Å². The number of methoxy groups -OCH3 is 2. The lowest BCUT2D eigenvalue weighted by Gasteiger charge is -2.31. The molecule has 196 valence electrons. The lowest BCUT2D eigenvalue weighted by atomic mass is 9.82. The van der Waals surface area contributed by atoms with Crippen molar-refractivity contribution in [1.29, 1.82) is 0 Å². The van der Waals surface area contributed by atoms with Gasteiger partial charge in [0.2, 0.25) is 5.91 Å². The molecule has 1 aliphatic carbocycles. The fourth-order valence-corrected chi connectivity index (χ4v) is 6.08. The Kier molecular flexibility index (Phi) is 9.07. The quantitative estimate of drug-likeness (QED) is 0.348. The van der Waals surface area contributed by atoms with Crippen molar-refractivity contribution < 1.29 is 23.9 Å². The van der Waals surface area contributed by atoms with Crippen molar-refractivity contribution in [3.63, 3.8) is 0 Å². The first kappa shape index (κ1) is 27.0. The number of thiophene rings is 1. The first-order valence-electron chi connectivity index (χ1n) is 12.2. The molecule has 0 atom stereocenters. The highest BCUT2D eigenvalue weighted by Gasteiger charge is 2.32. The van der Waals surface area contributed by atoms with Crippen LogP contribution in [-0.4, -0.2) is 50.1 Å². The molecule has 37 heavy (non-hydrogen) atoms. The summed E-state index contributed by atoms with van der Waals surface area (Å²) in [6, 6.07) is 9.22.